The van der Waals surface area contributed by atoms with Crippen LogP contribution in [-0.4, -0.2) is 18.1 Å². The maximum Gasteiger partial charge on any atom is 0.519 e. The molecule has 258 valence electrons. The maximum atomic E-state index is 13.9. The van der Waals surface area contributed by atoms with Gasteiger partial charge in [0.1, 0.15) is 23.0 Å². The first-order chi connectivity index (χ1) is 23.0. The number of allylic oxidation sites excluding steroid dienone is 4. The van der Waals surface area contributed by atoms with E-state index in [2.05, 4.69) is 40.7 Å². The van der Waals surface area contributed by atoms with E-state index in [1.54, 1.807) is 0 Å². The van der Waals surface area contributed by atoms with Gasteiger partial charge in [-0.25, -0.2) is 4.79 Å². The highest BCUT2D eigenvalue weighted by Gasteiger charge is 2.32. The van der Waals surface area contributed by atoms with Crippen LogP contribution in [-0.2, 0) is 21.4 Å². The Bertz CT molecular complexity index is 1990. The molecule has 0 aliphatic heterocycles. The highest BCUT2D eigenvalue weighted by atomic mass is 16.7. The van der Waals surface area contributed by atoms with Crippen molar-refractivity contribution in [2.45, 2.75) is 94.4 Å². The molecule has 4 rings (SSSR count). The lowest BCUT2D eigenvalue weighted by Crippen LogP contribution is -2.22. The lowest BCUT2D eigenvalue weighted by molar-refractivity contribution is -0.132. The van der Waals surface area contributed by atoms with Crippen LogP contribution < -0.4 is 18.9 Å². The zero-order valence-electron chi connectivity index (χ0n) is 30.6. The number of carbonyl (C=O) groups is 3. The van der Waals surface area contributed by atoms with Gasteiger partial charge in [0.05, 0.1) is 0 Å². The SMILES string of the molecule is CC(=O)Oc1c(CC=C(C)C)c(C)c(OC(=O)Oc2c(C)c(C(C)(C)/C=C(\C)CC(C)C)c(OC(C)=O)c3ccccc23)c2ccccc12. The van der Waals surface area contributed by atoms with Crippen LogP contribution in [0, 0.1) is 19.8 Å². The molecule has 0 spiro atoms. The van der Waals surface area contributed by atoms with Crippen molar-refractivity contribution >= 4 is 39.6 Å². The number of rotatable bonds is 10. The minimum Gasteiger partial charge on any atom is -0.426 e. The normalized spacial score (nSPS) is 11.9. The second kappa shape index (κ2) is 15.1. The van der Waals surface area contributed by atoms with E-state index >= 15 is 0 Å². The topological polar surface area (TPSA) is 88.1 Å². The van der Waals surface area contributed by atoms with Crippen LogP contribution in [0.15, 0.2) is 71.8 Å². The Morgan fingerprint density at radius 1 is 0.673 bits per heavy atom. The van der Waals surface area contributed by atoms with Crippen molar-refractivity contribution < 1.29 is 33.3 Å². The van der Waals surface area contributed by atoms with Gasteiger partial charge in [-0.3, -0.25) is 9.59 Å². The Labute approximate surface area is 289 Å². The number of carbonyl (C=O) groups excluding carboxylic acids is 3. The van der Waals surface area contributed by atoms with E-state index in [9.17, 15) is 14.4 Å². The molecule has 7 nitrogen and oxygen atoms in total. The molecule has 0 radical (unpaired) electrons. The Balaban J connectivity index is 1.91. The van der Waals surface area contributed by atoms with Gasteiger partial charge in [0, 0.05) is 57.5 Å². The van der Waals surface area contributed by atoms with Crippen molar-refractivity contribution in [3.8, 4) is 23.0 Å². The first-order valence-electron chi connectivity index (χ1n) is 16.7. The van der Waals surface area contributed by atoms with Crippen molar-refractivity contribution in [3.05, 3.63) is 94.1 Å². The number of hydrogen-bond donors (Lipinski definition) is 0. The molecule has 0 heterocycles. The first kappa shape index (κ1) is 36.9. The molecule has 0 aliphatic rings. The van der Waals surface area contributed by atoms with E-state index in [0.29, 0.717) is 68.0 Å². The number of esters is 2. The molecule has 0 saturated heterocycles. The fourth-order valence-corrected chi connectivity index (χ4v) is 6.73. The Morgan fingerprint density at radius 2 is 1.12 bits per heavy atom. The number of benzene rings is 4. The zero-order valence-corrected chi connectivity index (χ0v) is 30.6. The van der Waals surface area contributed by atoms with Gasteiger partial charge in [0.15, 0.2) is 0 Å². The lowest BCUT2D eigenvalue weighted by Gasteiger charge is -2.29. The van der Waals surface area contributed by atoms with Crippen LogP contribution in [0.5, 0.6) is 23.0 Å². The smallest absolute Gasteiger partial charge is 0.426 e. The van der Waals surface area contributed by atoms with E-state index in [1.165, 1.54) is 19.4 Å². The molecule has 0 saturated carbocycles. The molecular formula is C42H48O7. The minimum absolute atomic E-state index is 0.317. The summed E-state index contributed by atoms with van der Waals surface area (Å²) in [5.41, 5.74) is 4.48. The van der Waals surface area contributed by atoms with Crippen LogP contribution in [0.3, 0.4) is 0 Å². The van der Waals surface area contributed by atoms with Crippen LogP contribution in [0.4, 0.5) is 4.79 Å². The molecule has 4 aromatic carbocycles. The highest BCUT2D eigenvalue weighted by molar-refractivity contribution is 6.00. The van der Waals surface area contributed by atoms with Crippen LogP contribution in [0.1, 0.15) is 91.0 Å². The van der Waals surface area contributed by atoms with Crippen molar-refractivity contribution in [1.82, 2.24) is 0 Å². The molecule has 4 aromatic rings. The van der Waals surface area contributed by atoms with Gasteiger partial charge in [-0.05, 0) is 58.9 Å². The fraction of sp³-hybridized carbons (Fsp3) is 0.357. The van der Waals surface area contributed by atoms with Crippen molar-refractivity contribution in [3.63, 3.8) is 0 Å². The maximum absolute atomic E-state index is 13.9. The summed E-state index contributed by atoms with van der Waals surface area (Å²) in [6.07, 6.45) is 4.68. The molecule has 7 heteroatoms. The predicted molar refractivity (Wildman–Crippen MR) is 196 cm³/mol. The molecule has 0 bridgehead atoms. The van der Waals surface area contributed by atoms with Crippen LogP contribution in [0.2, 0.25) is 0 Å². The molecule has 0 aromatic heterocycles. The standard InChI is InChI=1S/C42H48O7/c1-24(2)20-21-31-27(6)37(32-16-12-14-18-34(32)39(31)46-29(8)43)48-41(45)49-38-28(7)36(42(10,11)23-26(5)22-25(3)4)40(47-30(9)44)35-19-15-13-17-33(35)38/h12-20,23,25H,21-22H2,1-11H3/b26-23+. The van der Waals surface area contributed by atoms with Gasteiger partial charge < -0.3 is 18.9 Å². The summed E-state index contributed by atoms with van der Waals surface area (Å²) in [7, 11) is 0. The molecule has 0 atom stereocenters. The molecule has 49 heavy (non-hydrogen) atoms. The Morgan fingerprint density at radius 3 is 1.59 bits per heavy atom. The average Bonchev–Trinajstić information content (AvgIpc) is 2.99. The largest absolute Gasteiger partial charge is 0.519 e. The van der Waals surface area contributed by atoms with E-state index in [-0.39, 0.29) is 0 Å². The average molecular weight is 665 g/mol. The van der Waals surface area contributed by atoms with E-state index in [4.69, 9.17) is 18.9 Å². The molecular weight excluding hydrogens is 616 g/mol. The number of hydrogen-bond acceptors (Lipinski definition) is 7. The monoisotopic (exact) mass is 664 g/mol. The summed E-state index contributed by atoms with van der Waals surface area (Å²) < 4.78 is 23.9. The van der Waals surface area contributed by atoms with Gasteiger partial charge in [-0.1, -0.05) is 99.5 Å². The second-order valence-electron chi connectivity index (χ2n) is 13.9. The Kier molecular flexibility index (Phi) is 11.4. The van der Waals surface area contributed by atoms with Gasteiger partial charge >= 0.3 is 18.1 Å². The summed E-state index contributed by atoms with van der Waals surface area (Å²) in [4.78, 5) is 38.5. The quantitative estimate of drug-likeness (QED) is 0.0721. The summed E-state index contributed by atoms with van der Waals surface area (Å²) in [6, 6.07) is 14.7. The summed E-state index contributed by atoms with van der Waals surface area (Å²) in [5, 5.41) is 2.49. The minimum atomic E-state index is -0.926. The van der Waals surface area contributed by atoms with Crippen LogP contribution >= 0.6 is 0 Å². The van der Waals surface area contributed by atoms with Crippen molar-refractivity contribution in [2.75, 3.05) is 0 Å². The summed E-state index contributed by atoms with van der Waals surface area (Å²) in [5.74, 6) is 1.10. The lowest BCUT2D eigenvalue weighted by atomic mass is 9.77. The highest BCUT2D eigenvalue weighted by Crippen LogP contribution is 2.47. The molecule has 0 fully saturated rings. The molecule has 0 unspecified atom stereocenters. The van der Waals surface area contributed by atoms with Crippen LogP contribution in [0.25, 0.3) is 21.5 Å². The fourth-order valence-electron chi connectivity index (χ4n) is 6.73. The third kappa shape index (κ3) is 8.40. The van der Waals surface area contributed by atoms with Gasteiger partial charge in [-0.2, -0.15) is 0 Å². The zero-order chi connectivity index (χ0) is 36.2. The third-order valence-corrected chi connectivity index (χ3v) is 8.40. The van der Waals surface area contributed by atoms with Crippen molar-refractivity contribution in [1.29, 1.82) is 0 Å². The molecule has 0 amide bonds. The third-order valence-electron chi connectivity index (χ3n) is 8.40. The van der Waals surface area contributed by atoms with Gasteiger partial charge in [-0.15, -0.1) is 0 Å². The van der Waals surface area contributed by atoms with Gasteiger partial charge in [0.25, 0.3) is 0 Å². The number of ether oxygens (including phenoxy) is 4. The summed E-state index contributed by atoms with van der Waals surface area (Å²) >= 11 is 0. The predicted octanol–water partition coefficient (Wildman–Crippen LogP) is 10.8. The van der Waals surface area contributed by atoms with E-state index < -0.39 is 23.5 Å². The van der Waals surface area contributed by atoms with Gasteiger partial charge in [0.2, 0.25) is 0 Å². The Hall–Kier alpha value is -4.91. The van der Waals surface area contributed by atoms with Crippen molar-refractivity contribution in [2.24, 2.45) is 5.92 Å². The molecule has 0 aliphatic carbocycles. The first-order valence-corrected chi connectivity index (χ1v) is 16.7. The number of fused-ring (bicyclic) bond motifs is 2. The molecule has 0 N–H and O–H groups in total. The second-order valence-corrected chi connectivity index (χ2v) is 13.9. The summed E-state index contributed by atoms with van der Waals surface area (Å²) in [6.45, 7) is 21.0. The van der Waals surface area contributed by atoms with E-state index in [0.717, 1.165) is 23.1 Å². The van der Waals surface area contributed by atoms with E-state index in [1.807, 2.05) is 82.3 Å².